The zero-order chi connectivity index (χ0) is 27.3. The highest BCUT2D eigenvalue weighted by Crippen LogP contribution is 2.32. The Morgan fingerprint density at radius 1 is 0.757 bits per heavy atom. The van der Waals surface area contributed by atoms with E-state index >= 15 is 0 Å². The maximum atomic E-state index is 12.2. The second-order valence-electron chi connectivity index (χ2n) is 13.0. The Hall–Kier alpha value is -1.54. The minimum atomic E-state index is -0.409. The largest absolute Gasteiger partial charge is 0.444 e. The van der Waals surface area contributed by atoms with E-state index in [1.165, 1.54) is 38.5 Å². The van der Waals surface area contributed by atoms with Gasteiger partial charge in [-0.25, -0.2) is 9.59 Å². The van der Waals surface area contributed by atoms with Gasteiger partial charge in [0.25, 0.3) is 0 Å². The Kier molecular flexibility index (Phi) is 10.5. The van der Waals surface area contributed by atoms with E-state index in [1.54, 1.807) is 0 Å². The van der Waals surface area contributed by atoms with Gasteiger partial charge in [-0.05, 0) is 80.6 Å². The molecule has 0 aromatic heterocycles. The first kappa shape index (κ1) is 30.0. The van der Waals surface area contributed by atoms with E-state index in [2.05, 4.69) is 49.7 Å². The van der Waals surface area contributed by atoms with E-state index in [0.717, 1.165) is 51.2 Å². The molecule has 0 aromatic rings. The summed E-state index contributed by atoms with van der Waals surface area (Å²) in [5.41, 5.74) is -0.409. The fourth-order valence-corrected chi connectivity index (χ4v) is 5.67. The molecule has 0 spiro atoms. The average Bonchev–Trinajstić information content (AvgIpc) is 3.72. The molecule has 2 saturated carbocycles. The molecule has 4 aliphatic rings. The molecule has 0 bridgehead atoms. The number of urea groups is 1. The lowest BCUT2D eigenvalue weighted by molar-refractivity contribution is -0.0118. The number of nitrogens with one attached hydrogen (secondary N) is 1. The number of piperazine rings is 2. The zero-order valence-electron chi connectivity index (χ0n) is 25.0. The predicted molar refractivity (Wildman–Crippen MR) is 150 cm³/mol. The van der Waals surface area contributed by atoms with Crippen LogP contribution in [0.15, 0.2) is 0 Å². The minimum absolute atomic E-state index is 0.130. The maximum Gasteiger partial charge on any atom is 0.410 e. The average molecular weight is 522 g/mol. The molecule has 0 radical (unpaired) electrons. The van der Waals surface area contributed by atoms with Gasteiger partial charge < -0.3 is 19.9 Å². The van der Waals surface area contributed by atoms with Crippen molar-refractivity contribution in [3.8, 4) is 0 Å². The summed E-state index contributed by atoms with van der Waals surface area (Å²) in [6.07, 6.45) is 8.66. The Labute approximate surface area is 226 Å². The van der Waals surface area contributed by atoms with Gasteiger partial charge in [-0.15, -0.1) is 0 Å². The van der Waals surface area contributed by atoms with Crippen molar-refractivity contribution in [1.82, 2.24) is 24.9 Å². The second kappa shape index (κ2) is 13.0. The molecule has 3 amide bonds. The number of amides is 3. The van der Waals surface area contributed by atoms with E-state index in [1.807, 2.05) is 30.6 Å². The van der Waals surface area contributed by atoms with Gasteiger partial charge in [-0.1, -0.05) is 19.8 Å². The van der Waals surface area contributed by atoms with Crippen molar-refractivity contribution in [1.29, 1.82) is 0 Å². The van der Waals surface area contributed by atoms with Gasteiger partial charge in [0.1, 0.15) is 5.60 Å². The van der Waals surface area contributed by atoms with Crippen LogP contribution in [0, 0.1) is 0 Å². The van der Waals surface area contributed by atoms with Gasteiger partial charge in [-0.3, -0.25) is 9.80 Å². The number of nitrogens with zero attached hydrogens (tertiary/aromatic N) is 4. The third-order valence-electron chi connectivity index (χ3n) is 8.05. The van der Waals surface area contributed by atoms with Crippen molar-refractivity contribution in [3.63, 3.8) is 0 Å². The van der Waals surface area contributed by atoms with Gasteiger partial charge in [0, 0.05) is 69.0 Å². The van der Waals surface area contributed by atoms with Crippen LogP contribution >= 0.6 is 0 Å². The van der Waals surface area contributed by atoms with E-state index in [-0.39, 0.29) is 18.2 Å². The summed E-state index contributed by atoms with van der Waals surface area (Å²) in [4.78, 5) is 33.4. The topological polar surface area (TPSA) is 68.4 Å². The molecule has 8 nitrogen and oxygen atoms in total. The summed E-state index contributed by atoms with van der Waals surface area (Å²) in [6.45, 7) is 21.2. The number of carbonyl (C=O) groups excluding carboxylic acids is 2. The molecule has 2 saturated heterocycles. The normalized spacial score (nSPS) is 29.4. The van der Waals surface area contributed by atoms with Crippen molar-refractivity contribution in [3.05, 3.63) is 0 Å². The molecular weight excluding hydrogens is 466 g/mol. The number of unbranched alkanes of at least 4 members (excludes halogenated alkanes) is 2. The summed E-state index contributed by atoms with van der Waals surface area (Å²) >= 11 is 0. The van der Waals surface area contributed by atoms with Gasteiger partial charge >= 0.3 is 12.1 Å². The van der Waals surface area contributed by atoms with E-state index < -0.39 is 5.60 Å². The molecular formula is C29H55N5O3. The smallest absolute Gasteiger partial charge is 0.410 e. The van der Waals surface area contributed by atoms with Gasteiger partial charge in [-0.2, -0.15) is 0 Å². The van der Waals surface area contributed by atoms with Crippen molar-refractivity contribution in [2.75, 3.05) is 32.7 Å². The lowest BCUT2D eigenvalue weighted by Gasteiger charge is -2.44. The molecule has 1 N–H and O–H groups in total. The van der Waals surface area contributed by atoms with Crippen LogP contribution in [-0.4, -0.2) is 106 Å². The summed E-state index contributed by atoms with van der Waals surface area (Å²) in [5.74, 6) is 0. The number of ether oxygens (including phenoxy) is 1. The third kappa shape index (κ3) is 9.02. The molecule has 4 atom stereocenters. The Morgan fingerprint density at radius 3 is 1.70 bits per heavy atom. The van der Waals surface area contributed by atoms with Gasteiger partial charge in [0.05, 0.1) is 0 Å². The van der Waals surface area contributed by atoms with Crippen molar-refractivity contribution in [2.24, 2.45) is 0 Å². The molecule has 4 fully saturated rings. The van der Waals surface area contributed by atoms with Crippen LogP contribution in [0.5, 0.6) is 0 Å². The quantitative estimate of drug-likeness (QED) is 0.503. The molecule has 214 valence electrons. The number of rotatable bonds is 6. The molecule has 0 aromatic carbocycles. The number of hydrogen-bond acceptors (Lipinski definition) is 5. The highest BCUT2D eigenvalue weighted by molar-refractivity contribution is 5.74. The highest BCUT2D eigenvalue weighted by Gasteiger charge is 2.41. The van der Waals surface area contributed by atoms with Crippen LogP contribution in [0.1, 0.15) is 100 Å². The summed E-state index contributed by atoms with van der Waals surface area (Å²) in [5, 5.41) is 3.07. The molecule has 37 heavy (non-hydrogen) atoms. The Bertz CT molecular complexity index is 748. The van der Waals surface area contributed by atoms with Crippen molar-refractivity contribution >= 4 is 12.1 Å². The predicted octanol–water partition coefficient (Wildman–Crippen LogP) is 4.92. The zero-order valence-corrected chi connectivity index (χ0v) is 25.0. The van der Waals surface area contributed by atoms with Crippen LogP contribution in [0.25, 0.3) is 0 Å². The van der Waals surface area contributed by atoms with Crippen LogP contribution < -0.4 is 5.32 Å². The second-order valence-corrected chi connectivity index (χ2v) is 13.0. The Balaban J connectivity index is 0.000000206. The molecule has 4 rings (SSSR count). The highest BCUT2D eigenvalue weighted by atomic mass is 16.6. The van der Waals surface area contributed by atoms with Crippen LogP contribution in [0.2, 0.25) is 0 Å². The number of hydrogen-bond donors (Lipinski definition) is 1. The molecule has 2 heterocycles. The van der Waals surface area contributed by atoms with Crippen LogP contribution in [-0.2, 0) is 4.74 Å². The lowest BCUT2D eigenvalue weighted by atomic mass is 10.1. The number of carbonyl (C=O) groups is 2. The molecule has 0 unspecified atom stereocenters. The van der Waals surface area contributed by atoms with E-state index in [0.29, 0.717) is 18.1 Å². The van der Waals surface area contributed by atoms with Crippen LogP contribution in [0.4, 0.5) is 9.59 Å². The molecule has 2 aliphatic carbocycles. The lowest BCUT2D eigenvalue weighted by Crippen LogP contribution is -2.60. The van der Waals surface area contributed by atoms with E-state index in [4.69, 9.17) is 4.74 Å². The van der Waals surface area contributed by atoms with Gasteiger partial charge in [0.2, 0.25) is 0 Å². The molecule has 8 heteroatoms. The van der Waals surface area contributed by atoms with Crippen LogP contribution in [0.3, 0.4) is 0 Å². The summed E-state index contributed by atoms with van der Waals surface area (Å²) < 4.78 is 5.48. The fraction of sp³-hybridized carbons (Fsp3) is 0.931. The monoisotopic (exact) mass is 521 g/mol. The standard InChI is InChI=1S/C15H29N3O.C14H26N2O2/c1-4-5-6-9-16-15(19)18-11-12(2)17(10-13(18)3)14-7-8-14;1-10-9-16(13(17)18-14(3,4)5)11(2)8-15(10)12-6-7-12/h12-14H,4-11H2,1-3H3,(H,16,19);10-12H,6-9H2,1-5H3/t12-,13+;10-,11+/m11/s1. The third-order valence-corrected chi connectivity index (χ3v) is 8.05. The fourth-order valence-electron chi connectivity index (χ4n) is 5.67. The van der Waals surface area contributed by atoms with Gasteiger partial charge in [0.15, 0.2) is 0 Å². The minimum Gasteiger partial charge on any atom is -0.444 e. The first-order chi connectivity index (χ1) is 17.4. The SMILES string of the molecule is CCCCCNC(=O)N1C[C@@H](C)N(C2CC2)C[C@@H]1C.C[C@@H]1CN(C(=O)OC(C)(C)C)[C@@H](C)CN1C1CC1. The Morgan fingerprint density at radius 2 is 1.24 bits per heavy atom. The molecule has 2 aliphatic heterocycles. The first-order valence-electron chi connectivity index (χ1n) is 15.0. The van der Waals surface area contributed by atoms with E-state index in [9.17, 15) is 9.59 Å². The van der Waals surface area contributed by atoms with Crippen molar-refractivity contribution in [2.45, 2.75) is 142 Å². The first-order valence-corrected chi connectivity index (χ1v) is 15.0. The summed E-state index contributed by atoms with van der Waals surface area (Å²) in [7, 11) is 0. The summed E-state index contributed by atoms with van der Waals surface area (Å²) in [6, 6.07) is 3.23. The maximum absolute atomic E-state index is 12.2. The van der Waals surface area contributed by atoms with Crippen molar-refractivity contribution < 1.29 is 14.3 Å².